The third-order valence-corrected chi connectivity index (χ3v) is 5.65. The number of rotatable bonds is 5. The van der Waals surface area contributed by atoms with Crippen molar-refractivity contribution in [1.29, 1.82) is 0 Å². The predicted octanol–water partition coefficient (Wildman–Crippen LogP) is 5.06. The highest BCUT2D eigenvalue weighted by Crippen LogP contribution is 2.28. The number of fused-ring (bicyclic) bond motifs is 2. The van der Waals surface area contributed by atoms with Crippen molar-refractivity contribution in [3.8, 4) is 5.69 Å². The Kier molecular flexibility index (Phi) is 5.43. The topological polar surface area (TPSA) is 101 Å². The molecule has 8 nitrogen and oxygen atoms in total. The van der Waals surface area contributed by atoms with Crippen LogP contribution in [0.4, 0.5) is 10.2 Å². The highest BCUT2D eigenvalue weighted by atomic mass is 35.5. The molecule has 0 unspecified atom stereocenters. The van der Waals surface area contributed by atoms with E-state index in [1.54, 1.807) is 18.2 Å². The second-order valence-electron chi connectivity index (χ2n) is 7.33. The number of anilines is 1. The quantitative estimate of drug-likeness (QED) is 0.362. The lowest BCUT2D eigenvalue weighted by atomic mass is 10.1. The van der Waals surface area contributed by atoms with Crippen LogP contribution in [0, 0.1) is 5.82 Å². The zero-order valence-electron chi connectivity index (χ0n) is 17.2. The first kappa shape index (κ1) is 21.3. The summed E-state index contributed by atoms with van der Waals surface area (Å²) in [5, 5.41) is 4.18. The van der Waals surface area contributed by atoms with Crippen molar-refractivity contribution in [3.05, 3.63) is 81.1 Å². The van der Waals surface area contributed by atoms with Gasteiger partial charge >= 0.3 is 0 Å². The van der Waals surface area contributed by atoms with Crippen LogP contribution in [-0.4, -0.2) is 29.5 Å². The summed E-state index contributed by atoms with van der Waals surface area (Å²) < 4.78 is 15.4. The van der Waals surface area contributed by atoms with Crippen LogP contribution in [0.2, 0.25) is 10.0 Å². The van der Waals surface area contributed by atoms with E-state index in [0.717, 1.165) is 0 Å². The van der Waals surface area contributed by atoms with Crippen LogP contribution in [0.5, 0.6) is 0 Å². The zero-order valence-corrected chi connectivity index (χ0v) is 18.7. The molecule has 5 rings (SSSR count). The minimum absolute atomic E-state index is 0.141. The number of hydrogen-bond donors (Lipinski definition) is 2. The average molecular weight is 484 g/mol. The van der Waals surface area contributed by atoms with E-state index in [1.807, 2.05) is 6.92 Å². The van der Waals surface area contributed by atoms with E-state index >= 15 is 0 Å². The van der Waals surface area contributed by atoms with E-state index in [2.05, 4.69) is 25.3 Å². The first-order valence-corrected chi connectivity index (χ1v) is 10.8. The van der Waals surface area contributed by atoms with Crippen molar-refractivity contribution in [2.24, 2.45) is 0 Å². The SMILES string of the molecule is CC[C@H](Nc1ncnc2nc[nH]c12)c1nc2ccc(F)cc2c(=O)n1-c1cc(Cl)cc(Cl)c1. The second-order valence-corrected chi connectivity index (χ2v) is 8.20. The fourth-order valence-electron chi connectivity index (χ4n) is 3.72. The van der Waals surface area contributed by atoms with Crippen LogP contribution in [-0.2, 0) is 0 Å². The van der Waals surface area contributed by atoms with Crippen LogP contribution in [0.15, 0.2) is 53.8 Å². The minimum Gasteiger partial charge on any atom is -0.358 e. The molecule has 5 aromatic rings. The lowest BCUT2D eigenvalue weighted by Gasteiger charge is -2.22. The molecule has 0 saturated heterocycles. The molecule has 0 amide bonds. The van der Waals surface area contributed by atoms with Crippen molar-refractivity contribution in [3.63, 3.8) is 0 Å². The van der Waals surface area contributed by atoms with Crippen LogP contribution in [0.1, 0.15) is 25.2 Å². The van der Waals surface area contributed by atoms with Crippen LogP contribution >= 0.6 is 23.2 Å². The molecule has 2 aromatic carbocycles. The molecule has 0 fully saturated rings. The Bertz CT molecular complexity index is 1550. The molecule has 3 aromatic heterocycles. The third kappa shape index (κ3) is 3.90. The van der Waals surface area contributed by atoms with Gasteiger partial charge in [0.25, 0.3) is 5.56 Å². The van der Waals surface area contributed by atoms with E-state index in [4.69, 9.17) is 28.2 Å². The molecule has 1 atom stereocenters. The molecule has 0 radical (unpaired) electrons. The van der Waals surface area contributed by atoms with E-state index in [1.165, 1.54) is 35.4 Å². The van der Waals surface area contributed by atoms with Crippen LogP contribution < -0.4 is 10.9 Å². The number of benzene rings is 2. The maximum atomic E-state index is 14.0. The van der Waals surface area contributed by atoms with Crippen molar-refractivity contribution < 1.29 is 4.39 Å². The smallest absolute Gasteiger partial charge is 0.266 e. The lowest BCUT2D eigenvalue weighted by molar-refractivity contribution is 0.628. The fourth-order valence-corrected chi connectivity index (χ4v) is 4.23. The number of aromatic nitrogens is 6. The molecule has 2 N–H and O–H groups in total. The summed E-state index contributed by atoms with van der Waals surface area (Å²) in [5.74, 6) is 0.373. The predicted molar refractivity (Wildman–Crippen MR) is 126 cm³/mol. The molecular formula is C22H16Cl2FN7O. The fraction of sp³-hybridized carbons (Fsp3) is 0.136. The van der Waals surface area contributed by atoms with Gasteiger partial charge in [-0.3, -0.25) is 9.36 Å². The summed E-state index contributed by atoms with van der Waals surface area (Å²) in [4.78, 5) is 33.9. The number of aromatic amines is 1. The van der Waals surface area contributed by atoms with Gasteiger partial charge in [-0.2, -0.15) is 0 Å². The number of imidazole rings is 1. The Balaban J connectivity index is 1.75. The molecule has 0 spiro atoms. The molecule has 166 valence electrons. The summed E-state index contributed by atoms with van der Waals surface area (Å²) in [6.45, 7) is 1.94. The number of nitrogens with zero attached hydrogens (tertiary/aromatic N) is 5. The number of hydrogen-bond acceptors (Lipinski definition) is 6. The summed E-state index contributed by atoms with van der Waals surface area (Å²) in [6.07, 6.45) is 3.48. The molecule has 0 aliphatic rings. The Morgan fingerprint density at radius 2 is 1.91 bits per heavy atom. The summed E-state index contributed by atoms with van der Waals surface area (Å²) >= 11 is 12.4. The molecule has 0 aliphatic heterocycles. The van der Waals surface area contributed by atoms with Gasteiger partial charge in [-0.25, -0.2) is 24.3 Å². The first-order chi connectivity index (χ1) is 15.9. The largest absolute Gasteiger partial charge is 0.358 e. The van der Waals surface area contributed by atoms with Gasteiger partial charge in [-0.15, -0.1) is 0 Å². The summed E-state index contributed by atoms with van der Waals surface area (Å²) in [6, 6.07) is 8.25. The van der Waals surface area contributed by atoms with Gasteiger partial charge < -0.3 is 10.3 Å². The van der Waals surface area contributed by atoms with E-state index in [0.29, 0.717) is 50.5 Å². The lowest BCUT2D eigenvalue weighted by Crippen LogP contribution is -2.28. The van der Waals surface area contributed by atoms with Crippen LogP contribution in [0.3, 0.4) is 0 Å². The molecule has 11 heteroatoms. The van der Waals surface area contributed by atoms with Crippen molar-refractivity contribution in [1.82, 2.24) is 29.5 Å². The van der Waals surface area contributed by atoms with E-state index in [-0.39, 0.29) is 5.39 Å². The average Bonchev–Trinajstić information content (AvgIpc) is 3.27. The summed E-state index contributed by atoms with van der Waals surface area (Å²) in [7, 11) is 0. The highest BCUT2D eigenvalue weighted by Gasteiger charge is 2.22. The van der Waals surface area contributed by atoms with E-state index < -0.39 is 17.4 Å². The Morgan fingerprint density at radius 1 is 1.12 bits per heavy atom. The van der Waals surface area contributed by atoms with Crippen LogP contribution in [0.25, 0.3) is 27.8 Å². The van der Waals surface area contributed by atoms with Crippen molar-refractivity contribution in [2.75, 3.05) is 5.32 Å². The summed E-state index contributed by atoms with van der Waals surface area (Å²) in [5.41, 5.74) is 1.47. The van der Waals surface area contributed by atoms with Gasteiger partial charge in [0, 0.05) is 10.0 Å². The standard InChI is InChI=1S/C22H16Cl2FN7O/c1-2-16(30-20-18-19(27-9-26-18)28-10-29-20)21-31-17-4-3-13(25)8-15(17)22(33)32(21)14-6-11(23)5-12(24)7-14/h3-10,16H,2H2,1H3,(H2,26,27,28,29,30)/t16-/m0/s1. The van der Waals surface area contributed by atoms with Gasteiger partial charge in [0.15, 0.2) is 11.5 Å². The Hall–Kier alpha value is -3.56. The van der Waals surface area contributed by atoms with Gasteiger partial charge in [0.2, 0.25) is 0 Å². The highest BCUT2D eigenvalue weighted by molar-refractivity contribution is 6.34. The third-order valence-electron chi connectivity index (χ3n) is 5.22. The minimum atomic E-state index is -0.530. The zero-order chi connectivity index (χ0) is 23.1. The van der Waals surface area contributed by atoms with Crippen molar-refractivity contribution >= 4 is 51.1 Å². The first-order valence-electron chi connectivity index (χ1n) is 10.0. The van der Waals surface area contributed by atoms with Gasteiger partial charge in [0.05, 0.1) is 29.0 Å². The Morgan fingerprint density at radius 3 is 2.67 bits per heavy atom. The maximum Gasteiger partial charge on any atom is 0.266 e. The normalized spacial score (nSPS) is 12.4. The Labute approximate surface area is 196 Å². The van der Waals surface area contributed by atoms with Crippen molar-refractivity contribution in [2.45, 2.75) is 19.4 Å². The second kappa shape index (κ2) is 8.42. The number of nitrogens with one attached hydrogen (secondary N) is 2. The number of halogens is 3. The van der Waals surface area contributed by atoms with E-state index in [9.17, 15) is 9.18 Å². The van der Waals surface area contributed by atoms with Gasteiger partial charge in [-0.05, 0) is 42.8 Å². The molecule has 33 heavy (non-hydrogen) atoms. The monoisotopic (exact) mass is 483 g/mol. The number of H-pyrrole nitrogens is 1. The molecular weight excluding hydrogens is 468 g/mol. The van der Waals surface area contributed by atoms with Gasteiger partial charge in [0.1, 0.15) is 23.5 Å². The molecule has 3 heterocycles. The molecule has 0 bridgehead atoms. The molecule has 0 saturated carbocycles. The van der Waals surface area contributed by atoms with Gasteiger partial charge in [-0.1, -0.05) is 30.1 Å². The molecule has 0 aliphatic carbocycles. The maximum absolute atomic E-state index is 14.0.